The molecule has 5 heteroatoms. The Bertz CT molecular complexity index is 368. The molecular formula is C10H11Cl2NO2. The van der Waals surface area contributed by atoms with Crippen molar-refractivity contribution in [3.05, 3.63) is 33.8 Å². The molecular weight excluding hydrogens is 237 g/mol. The van der Waals surface area contributed by atoms with Gasteiger partial charge in [0.2, 0.25) is 0 Å². The van der Waals surface area contributed by atoms with Crippen molar-refractivity contribution in [3.63, 3.8) is 0 Å². The molecule has 0 bridgehead atoms. The normalized spacial score (nSPS) is 12.5. The van der Waals surface area contributed by atoms with E-state index >= 15 is 0 Å². The molecule has 0 aliphatic rings. The molecule has 1 aromatic rings. The first-order valence-electron chi connectivity index (χ1n) is 4.41. The van der Waals surface area contributed by atoms with E-state index in [2.05, 4.69) is 5.32 Å². The van der Waals surface area contributed by atoms with Crippen molar-refractivity contribution < 1.29 is 9.90 Å². The summed E-state index contributed by atoms with van der Waals surface area (Å²) in [6.07, 6.45) is 0. The minimum absolute atomic E-state index is 0.107. The van der Waals surface area contributed by atoms with E-state index in [1.54, 1.807) is 12.1 Å². The molecule has 0 heterocycles. The summed E-state index contributed by atoms with van der Waals surface area (Å²) in [4.78, 5) is 10.4. The van der Waals surface area contributed by atoms with Crippen LogP contribution in [0.2, 0.25) is 10.0 Å². The van der Waals surface area contributed by atoms with Gasteiger partial charge in [-0.1, -0.05) is 35.3 Å². The predicted octanol–water partition coefficient (Wildman–Crippen LogP) is 2.73. The highest BCUT2D eigenvalue weighted by molar-refractivity contribution is 6.42. The number of hydrogen-bond acceptors (Lipinski definition) is 2. The Morgan fingerprint density at radius 2 is 2.20 bits per heavy atom. The Morgan fingerprint density at radius 1 is 1.53 bits per heavy atom. The topological polar surface area (TPSA) is 49.3 Å². The van der Waals surface area contributed by atoms with Crippen LogP contribution in [0.3, 0.4) is 0 Å². The number of rotatable bonds is 4. The lowest BCUT2D eigenvalue weighted by molar-refractivity contribution is -0.136. The van der Waals surface area contributed by atoms with E-state index in [-0.39, 0.29) is 12.6 Å². The summed E-state index contributed by atoms with van der Waals surface area (Å²) in [5.74, 6) is -0.903. The second kappa shape index (κ2) is 5.35. The number of nitrogens with one attached hydrogen (secondary N) is 1. The van der Waals surface area contributed by atoms with E-state index in [1.165, 1.54) is 0 Å². The van der Waals surface area contributed by atoms with Crippen LogP contribution in [0.5, 0.6) is 0 Å². The summed E-state index contributed by atoms with van der Waals surface area (Å²) in [5.41, 5.74) is 0.797. The molecule has 15 heavy (non-hydrogen) atoms. The van der Waals surface area contributed by atoms with Gasteiger partial charge in [0.15, 0.2) is 0 Å². The maximum atomic E-state index is 10.4. The Labute approximate surface area is 98.0 Å². The Morgan fingerprint density at radius 3 is 2.80 bits per heavy atom. The third-order valence-corrected chi connectivity index (χ3v) is 2.84. The van der Waals surface area contributed by atoms with Gasteiger partial charge in [-0.05, 0) is 18.6 Å². The van der Waals surface area contributed by atoms with E-state index in [4.69, 9.17) is 28.3 Å². The Balaban J connectivity index is 2.77. The average molecular weight is 248 g/mol. The highest BCUT2D eigenvalue weighted by Crippen LogP contribution is 2.29. The maximum Gasteiger partial charge on any atom is 0.317 e. The van der Waals surface area contributed by atoms with Gasteiger partial charge in [0.1, 0.15) is 0 Å². The number of carboxylic acid groups (broad SMARTS) is 1. The summed E-state index contributed by atoms with van der Waals surface area (Å²) in [5, 5.41) is 12.3. The van der Waals surface area contributed by atoms with Crippen molar-refractivity contribution in [2.24, 2.45) is 0 Å². The molecule has 0 spiro atoms. The van der Waals surface area contributed by atoms with E-state index in [1.807, 2.05) is 13.0 Å². The largest absolute Gasteiger partial charge is 0.480 e. The van der Waals surface area contributed by atoms with Crippen LogP contribution in [0.4, 0.5) is 0 Å². The van der Waals surface area contributed by atoms with Crippen LogP contribution in [0.15, 0.2) is 18.2 Å². The van der Waals surface area contributed by atoms with Crippen LogP contribution in [0, 0.1) is 0 Å². The molecule has 1 unspecified atom stereocenters. The van der Waals surface area contributed by atoms with Gasteiger partial charge < -0.3 is 10.4 Å². The van der Waals surface area contributed by atoms with Crippen molar-refractivity contribution >= 4 is 29.2 Å². The third kappa shape index (κ3) is 3.38. The standard InChI is InChI=1S/C10H11Cl2NO2/c1-6(13-5-9(14)15)7-3-2-4-8(11)10(7)12/h2-4,6,13H,5H2,1H3,(H,14,15). The quantitative estimate of drug-likeness (QED) is 0.861. The molecule has 1 rings (SSSR count). The van der Waals surface area contributed by atoms with Gasteiger partial charge in [-0.2, -0.15) is 0 Å². The van der Waals surface area contributed by atoms with Gasteiger partial charge in [-0.15, -0.1) is 0 Å². The van der Waals surface area contributed by atoms with Crippen LogP contribution >= 0.6 is 23.2 Å². The number of halogens is 2. The van der Waals surface area contributed by atoms with Crippen molar-refractivity contribution in [1.82, 2.24) is 5.32 Å². The number of carboxylic acids is 1. The Kier molecular flexibility index (Phi) is 4.39. The summed E-state index contributed by atoms with van der Waals surface area (Å²) >= 11 is 11.8. The van der Waals surface area contributed by atoms with Crippen molar-refractivity contribution in [3.8, 4) is 0 Å². The van der Waals surface area contributed by atoms with Crippen LogP contribution in [-0.4, -0.2) is 17.6 Å². The highest BCUT2D eigenvalue weighted by Gasteiger charge is 2.11. The molecule has 0 aliphatic carbocycles. The first-order valence-corrected chi connectivity index (χ1v) is 5.17. The summed E-state index contributed by atoms with van der Waals surface area (Å²) in [6.45, 7) is 1.73. The highest BCUT2D eigenvalue weighted by atomic mass is 35.5. The first-order chi connectivity index (χ1) is 7.02. The first kappa shape index (κ1) is 12.3. The minimum atomic E-state index is -0.903. The fourth-order valence-electron chi connectivity index (χ4n) is 1.21. The van der Waals surface area contributed by atoms with E-state index in [0.717, 1.165) is 5.56 Å². The number of benzene rings is 1. The zero-order valence-corrected chi connectivity index (χ0v) is 9.64. The lowest BCUT2D eigenvalue weighted by Gasteiger charge is -2.14. The van der Waals surface area contributed by atoms with Crippen LogP contribution < -0.4 is 5.32 Å². The van der Waals surface area contributed by atoms with Gasteiger partial charge in [0.25, 0.3) is 0 Å². The molecule has 1 atom stereocenters. The monoisotopic (exact) mass is 247 g/mol. The smallest absolute Gasteiger partial charge is 0.317 e. The van der Waals surface area contributed by atoms with Crippen molar-refractivity contribution in [1.29, 1.82) is 0 Å². The second-order valence-electron chi connectivity index (χ2n) is 3.14. The summed E-state index contributed by atoms with van der Waals surface area (Å²) in [7, 11) is 0. The van der Waals surface area contributed by atoms with Crippen LogP contribution in [0.25, 0.3) is 0 Å². The molecule has 2 N–H and O–H groups in total. The van der Waals surface area contributed by atoms with Crippen molar-refractivity contribution in [2.75, 3.05) is 6.54 Å². The average Bonchev–Trinajstić information content (AvgIpc) is 2.18. The molecule has 0 saturated heterocycles. The molecule has 0 fully saturated rings. The van der Waals surface area contributed by atoms with E-state index in [0.29, 0.717) is 10.0 Å². The van der Waals surface area contributed by atoms with Gasteiger partial charge in [-0.3, -0.25) is 4.79 Å². The lowest BCUT2D eigenvalue weighted by atomic mass is 10.1. The molecule has 0 aliphatic heterocycles. The maximum absolute atomic E-state index is 10.4. The van der Waals surface area contributed by atoms with Crippen LogP contribution in [-0.2, 0) is 4.79 Å². The van der Waals surface area contributed by atoms with Crippen molar-refractivity contribution in [2.45, 2.75) is 13.0 Å². The molecule has 0 aromatic heterocycles. The van der Waals surface area contributed by atoms with Gasteiger partial charge in [-0.25, -0.2) is 0 Å². The SMILES string of the molecule is CC(NCC(=O)O)c1cccc(Cl)c1Cl. The number of carbonyl (C=O) groups is 1. The van der Waals surface area contributed by atoms with Gasteiger partial charge >= 0.3 is 5.97 Å². The van der Waals surface area contributed by atoms with Gasteiger partial charge in [0.05, 0.1) is 16.6 Å². The summed E-state index contributed by atoms with van der Waals surface area (Å²) < 4.78 is 0. The predicted molar refractivity (Wildman–Crippen MR) is 60.5 cm³/mol. The van der Waals surface area contributed by atoms with E-state index in [9.17, 15) is 4.79 Å². The third-order valence-electron chi connectivity index (χ3n) is 2.01. The second-order valence-corrected chi connectivity index (χ2v) is 3.92. The molecule has 0 amide bonds. The molecule has 3 nitrogen and oxygen atoms in total. The Hall–Kier alpha value is -0.770. The number of hydrogen-bond donors (Lipinski definition) is 2. The van der Waals surface area contributed by atoms with Gasteiger partial charge in [0, 0.05) is 6.04 Å². The van der Waals surface area contributed by atoms with E-state index < -0.39 is 5.97 Å². The fraction of sp³-hybridized carbons (Fsp3) is 0.300. The molecule has 82 valence electrons. The minimum Gasteiger partial charge on any atom is -0.480 e. The number of aliphatic carboxylic acids is 1. The van der Waals surface area contributed by atoms with Crippen LogP contribution in [0.1, 0.15) is 18.5 Å². The zero-order chi connectivity index (χ0) is 11.4. The lowest BCUT2D eigenvalue weighted by Crippen LogP contribution is -2.25. The molecule has 0 saturated carbocycles. The zero-order valence-electron chi connectivity index (χ0n) is 8.13. The molecule has 1 aromatic carbocycles. The fourth-order valence-corrected chi connectivity index (χ4v) is 1.68. The molecule has 0 radical (unpaired) electrons. The summed E-state index contributed by atoms with van der Waals surface area (Å²) in [6, 6.07) is 5.14.